The first-order chi connectivity index (χ1) is 9.04. The number of carbonyl (C=O) groups excluding carboxylic acids is 2. The molecule has 1 aromatic heterocycles. The van der Waals surface area contributed by atoms with Crippen LogP contribution in [0.2, 0.25) is 0 Å². The number of aryl methyl sites for hydroxylation is 1. The molecule has 1 unspecified atom stereocenters. The van der Waals surface area contributed by atoms with Crippen LogP contribution >= 0.6 is 15.9 Å². The largest absolute Gasteiger partial charge is 0.467 e. The normalized spacial score (nSPS) is 19.3. The molecule has 19 heavy (non-hydrogen) atoms. The number of aromatic nitrogens is 1. The summed E-state index contributed by atoms with van der Waals surface area (Å²) in [5.74, 6) is -0.454. The van der Waals surface area contributed by atoms with Gasteiger partial charge in [0.15, 0.2) is 0 Å². The lowest BCUT2D eigenvalue weighted by Gasteiger charge is -2.33. The maximum atomic E-state index is 12.5. The van der Waals surface area contributed by atoms with Crippen LogP contribution in [0, 0.1) is 0 Å². The Morgan fingerprint density at radius 1 is 1.42 bits per heavy atom. The molecular formula is C13H17BrN2O3. The lowest BCUT2D eigenvalue weighted by Crippen LogP contribution is -2.48. The van der Waals surface area contributed by atoms with Crippen LogP contribution in [-0.2, 0) is 16.6 Å². The van der Waals surface area contributed by atoms with E-state index < -0.39 is 6.04 Å². The van der Waals surface area contributed by atoms with E-state index in [-0.39, 0.29) is 11.9 Å². The highest BCUT2D eigenvalue weighted by Gasteiger charge is 2.34. The second-order valence-corrected chi connectivity index (χ2v) is 5.60. The molecule has 104 valence electrons. The number of rotatable bonds is 2. The van der Waals surface area contributed by atoms with Crippen LogP contribution in [0.1, 0.15) is 29.8 Å². The number of carbonyl (C=O) groups is 2. The van der Waals surface area contributed by atoms with Gasteiger partial charge in [0.25, 0.3) is 5.91 Å². The van der Waals surface area contributed by atoms with Gasteiger partial charge in [-0.15, -0.1) is 0 Å². The summed E-state index contributed by atoms with van der Waals surface area (Å²) in [6.45, 7) is 0.599. The van der Waals surface area contributed by atoms with Gasteiger partial charge in [0.1, 0.15) is 11.7 Å². The first-order valence-corrected chi connectivity index (χ1v) is 7.04. The second-order valence-electron chi connectivity index (χ2n) is 4.69. The zero-order chi connectivity index (χ0) is 14.0. The molecule has 1 aromatic rings. The molecule has 2 rings (SSSR count). The van der Waals surface area contributed by atoms with Crippen LogP contribution in [0.25, 0.3) is 0 Å². The quantitative estimate of drug-likeness (QED) is 0.780. The van der Waals surface area contributed by atoms with E-state index >= 15 is 0 Å². The summed E-state index contributed by atoms with van der Waals surface area (Å²) in [4.78, 5) is 25.9. The Kier molecular flexibility index (Phi) is 4.29. The van der Waals surface area contributed by atoms with Gasteiger partial charge in [-0.2, -0.15) is 0 Å². The van der Waals surface area contributed by atoms with E-state index in [1.807, 2.05) is 13.2 Å². The van der Waals surface area contributed by atoms with Crippen molar-refractivity contribution in [1.29, 1.82) is 0 Å². The highest BCUT2D eigenvalue weighted by molar-refractivity contribution is 9.10. The third kappa shape index (κ3) is 2.83. The molecule has 0 saturated carbocycles. The molecule has 0 radical (unpaired) electrons. The van der Waals surface area contributed by atoms with E-state index in [9.17, 15) is 9.59 Å². The van der Waals surface area contributed by atoms with Crippen molar-refractivity contribution in [3.63, 3.8) is 0 Å². The number of piperidine rings is 1. The van der Waals surface area contributed by atoms with Crippen LogP contribution in [-0.4, -0.2) is 41.0 Å². The van der Waals surface area contributed by atoms with E-state index in [2.05, 4.69) is 15.9 Å². The lowest BCUT2D eigenvalue weighted by molar-refractivity contribution is -0.147. The fraction of sp³-hybridized carbons (Fsp3) is 0.538. The van der Waals surface area contributed by atoms with Gasteiger partial charge < -0.3 is 14.2 Å². The van der Waals surface area contributed by atoms with Gasteiger partial charge in [0.05, 0.1) is 7.11 Å². The highest BCUT2D eigenvalue weighted by atomic mass is 79.9. The molecule has 0 N–H and O–H groups in total. The molecule has 1 fully saturated rings. The molecule has 1 amide bonds. The average Bonchev–Trinajstić information content (AvgIpc) is 2.76. The summed E-state index contributed by atoms with van der Waals surface area (Å²) in [5, 5.41) is 0. The molecule has 0 bridgehead atoms. The predicted octanol–water partition coefficient (Wildman–Crippen LogP) is 1.96. The van der Waals surface area contributed by atoms with E-state index in [1.165, 1.54) is 7.11 Å². The number of esters is 1. The maximum Gasteiger partial charge on any atom is 0.328 e. The molecule has 1 aliphatic rings. The summed E-state index contributed by atoms with van der Waals surface area (Å²) in [6.07, 6.45) is 4.36. The van der Waals surface area contributed by atoms with Crippen molar-refractivity contribution in [2.75, 3.05) is 13.7 Å². The lowest BCUT2D eigenvalue weighted by atomic mass is 10.0. The van der Waals surface area contributed by atoms with Crippen molar-refractivity contribution >= 4 is 27.8 Å². The molecule has 1 atom stereocenters. The first kappa shape index (κ1) is 14.1. The second kappa shape index (κ2) is 5.77. The monoisotopic (exact) mass is 328 g/mol. The number of halogens is 1. The Morgan fingerprint density at radius 3 is 2.74 bits per heavy atom. The van der Waals surface area contributed by atoms with Gasteiger partial charge in [-0.05, 0) is 41.3 Å². The molecule has 0 aliphatic carbocycles. The van der Waals surface area contributed by atoms with E-state index in [0.29, 0.717) is 18.7 Å². The smallest absolute Gasteiger partial charge is 0.328 e. The highest BCUT2D eigenvalue weighted by Crippen LogP contribution is 2.22. The zero-order valence-corrected chi connectivity index (χ0v) is 12.6. The fourth-order valence-electron chi connectivity index (χ4n) is 2.44. The Hall–Kier alpha value is -1.30. The van der Waals surface area contributed by atoms with E-state index in [1.54, 1.807) is 15.5 Å². The summed E-state index contributed by atoms with van der Waals surface area (Å²) < 4.78 is 7.40. The first-order valence-electron chi connectivity index (χ1n) is 6.25. The number of methoxy groups -OCH3 is 1. The topological polar surface area (TPSA) is 51.5 Å². The van der Waals surface area contributed by atoms with Gasteiger partial charge in [0, 0.05) is 24.3 Å². The van der Waals surface area contributed by atoms with Crippen LogP contribution in [0.4, 0.5) is 0 Å². The zero-order valence-electron chi connectivity index (χ0n) is 11.1. The molecule has 6 heteroatoms. The summed E-state index contributed by atoms with van der Waals surface area (Å²) in [5.41, 5.74) is 0.572. The van der Waals surface area contributed by atoms with Gasteiger partial charge in [-0.3, -0.25) is 4.79 Å². The maximum absolute atomic E-state index is 12.5. The van der Waals surface area contributed by atoms with E-state index in [0.717, 1.165) is 17.3 Å². The van der Waals surface area contributed by atoms with Gasteiger partial charge >= 0.3 is 5.97 Å². The Balaban J connectivity index is 2.25. The van der Waals surface area contributed by atoms with Gasteiger partial charge in [-0.1, -0.05) is 0 Å². The molecular weight excluding hydrogens is 312 g/mol. The molecule has 2 heterocycles. The van der Waals surface area contributed by atoms with Crippen molar-refractivity contribution in [3.8, 4) is 0 Å². The molecule has 0 aromatic carbocycles. The number of hydrogen-bond acceptors (Lipinski definition) is 3. The van der Waals surface area contributed by atoms with Crippen molar-refractivity contribution in [2.24, 2.45) is 7.05 Å². The molecule has 1 saturated heterocycles. The minimum atomic E-state index is -0.458. The minimum Gasteiger partial charge on any atom is -0.467 e. The third-order valence-electron chi connectivity index (χ3n) is 3.43. The Labute approximate surface area is 120 Å². The summed E-state index contributed by atoms with van der Waals surface area (Å²) >= 11 is 3.35. The van der Waals surface area contributed by atoms with E-state index in [4.69, 9.17) is 4.74 Å². The molecule has 5 nitrogen and oxygen atoms in total. The Morgan fingerprint density at radius 2 is 2.16 bits per heavy atom. The minimum absolute atomic E-state index is 0.122. The van der Waals surface area contributed by atoms with Crippen molar-refractivity contribution in [2.45, 2.75) is 25.3 Å². The fourth-order valence-corrected chi connectivity index (χ4v) is 2.96. The van der Waals surface area contributed by atoms with Crippen LogP contribution in [0.3, 0.4) is 0 Å². The van der Waals surface area contributed by atoms with Crippen molar-refractivity contribution in [3.05, 3.63) is 22.4 Å². The average molecular weight is 329 g/mol. The van der Waals surface area contributed by atoms with Gasteiger partial charge in [-0.25, -0.2) is 4.79 Å². The number of likely N-dealkylation sites (tertiary alicyclic amines) is 1. The van der Waals surface area contributed by atoms with Crippen LogP contribution in [0.5, 0.6) is 0 Å². The number of nitrogens with zero attached hydrogens (tertiary/aromatic N) is 2. The number of amides is 1. The van der Waals surface area contributed by atoms with Crippen molar-refractivity contribution < 1.29 is 14.3 Å². The standard InChI is InChI=1S/C13H17BrN2O3/c1-15-8-9(14)7-11(15)12(17)16-6-4-3-5-10(16)13(18)19-2/h7-8,10H,3-6H2,1-2H3. The third-order valence-corrected chi connectivity index (χ3v) is 3.86. The van der Waals surface area contributed by atoms with Gasteiger partial charge in [0.2, 0.25) is 0 Å². The molecule has 1 aliphatic heterocycles. The number of ether oxygens (including phenoxy) is 1. The van der Waals surface area contributed by atoms with Crippen LogP contribution in [0.15, 0.2) is 16.7 Å². The number of hydrogen-bond donors (Lipinski definition) is 0. The van der Waals surface area contributed by atoms with Crippen molar-refractivity contribution in [1.82, 2.24) is 9.47 Å². The molecule has 0 spiro atoms. The predicted molar refractivity (Wildman–Crippen MR) is 73.8 cm³/mol. The summed E-state index contributed by atoms with van der Waals surface area (Å²) in [6, 6.07) is 1.31. The summed E-state index contributed by atoms with van der Waals surface area (Å²) in [7, 11) is 3.17. The SMILES string of the molecule is COC(=O)C1CCCCN1C(=O)c1cc(Br)cn1C. The Bertz CT molecular complexity index is 498. The van der Waals surface area contributed by atoms with Crippen LogP contribution < -0.4 is 0 Å².